The molecule has 1 unspecified atom stereocenters. The minimum atomic E-state index is 0. The van der Waals surface area contributed by atoms with Crippen LogP contribution < -0.4 is 4.62 Å². The predicted molar refractivity (Wildman–Crippen MR) is 62.7 cm³/mol. The van der Waals surface area contributed by atoms with E-state index in [2.05, 4.69) is 20.7 Å². The van der Waals surface area contributed by atoms with Crippen LogP contribution in [0.4, 0.5) is 0 Å². The van der Waals surface area contributed by atoms with Crippen molar-refractivity contribution in [1.82, 2.24) is 0 Å². The Hall–Kier alpha value is 1.29. The third-order valence-electron chi connectivity index (χ3n) is 0.543. The lowest BCUT2D eigenvalue weighted by Gasteiger charge is -1.65. The molecule has 0 aliphatic rings. The number of rotatable bonds is 0. The van der Waals surface area contributed by atoms with E-state index in [9.17, 15) is 0 Å². The summed E-state index contributed by atoms with van der Waals surface area (Å²) in [5, 5.41) is 2.06. The molecule has 0 radical (unpaired) electrons. The molecule has 0 amide bonds. The average Bonchev–Trinajstić information content (AvgIpc) is 1.86. The first kappa shape index (κ1) is 22.5. The van der Waals surface area contributed by atoms with Gasteiger partial charge in [0.1, 0.15) is 0 Å². The van der Waals surface area contributed by atoms with Crippen molar-refractivity contribution in [2.24, 2.45) is 0 Å². The van der Waals surface area contributed by atoms with E-state index < -0.39 is 0 Å². The molecule has 0 saturated carbocycles. The van der Waals surface area contributed by atoms with Crippen molar-refractivity contribution in [3.8, 4) is 0 Å². The first-order chi connectivity index (χ1) is 2.89. The maximum atomic E-state index is 2.63. The quantitative estimate of drug-likeness (QED) is 0.630. The van der Waals surface area contributed by atoms with Crippen molar-refractivity contribution in [2.75, 3.05) is 0 Å². The van der Waals surface area contributed by atoms with Gasteiger partial charge in [0.05, 0.1) is 0 Å². The lowest BCUT2D eigenvalue weighted by atomic mass is 10.7. The number of hydrogen-bond donors (Lipinski definition) is 0. The fraction of sp³-hybridized carbons (Fsp3) is 0. The topological polar surface area (TPSA) is 0 Å². The van der Waals surface area contributed by atoms with Gasteiger partial charge in [-0.25, -0.2) is 0 Å². The van der Waals surface area contributed by atoms with Crippen LogP contribution >= 0.6 is 70.2 Å². The molecule has 0 bridgehead atoms. The van der Waals surface area contributed by atoms with Crippen molar-refractivity contribution < 1.29 is 0 Å². The fourth-order valence-corrected chi connectivity index (χ4v) is 1.11. The van der Waals surface area contributed by atoms with Gasteiger partial charge in [-0.2, -0.15) is 0 Å². The van der Waals surface area contributed by atoms with Gasteiger partial charge >= 0.3 is 0 Å². The molecular formula is C4H9Cl4PS. The Morgan fingerprint density at radius 3 is 1.70 bits per heavy atom. The average molecular weight is 262 g/mol. The molecule has 1 aromatic heterocycles. The van der Waals surface area contributed by atoms with Crippen LogP contribution in [0.5, 0.6) is 0 Å². The van der Waals surface area contributed by atoms with Crippen molar-refractivity contribution >= 4 is 74.8 Å². The molecule has 0 spiro atoms. The summed E-state index contributed by atoms with van der Waals surface area (Å²) in [6.45, 7) is 0. The molecule has 1 heterocycles. The third kappa shape index (κ3) is 9.29. The fourth-order valence-electron chi connectivity index (χ4n) is 0.291. The second kappa shape index (κ2) is 12.9. The zero-order valence-corrected chi connectivity index (χ0v) is 10.1. The van der Waals surface area contributed by atoms with Crippen molar-refractivity contribution in [1.29, 1.82) is 0 Å². The molecule has 64 valence electrons. The summed E-state index contributed by atoms with van der Waals surface area (Å²) in [6.07, 6.45) is 0. The second-order valence-electron chi connectivity index (χ2n) is 1.02. The Balaban J connectivity index is -0.0000000450. The number of halogens is 4. The van der Waals surface area contributed by atoms with Crippen LogP contribution in [0.25, 0.3) is 0 Å². The summed E-state index contributed by atoms with van der Waals surface area (Å²) in [5.41, 5.74) is 0. The molecule has 0 aromatic carbocycles. The van der Waals surface area contributed by atoms with Gasteiger partial charge < -0.3 is 0 Å². The van der Waals surface area contributed by atoms with E-state index in [1.807, 2.05) is 6.07 Å². The SMILES string of the molecule is Cl.Cl.Cl.Cl.Pc1cccs1. The summed E-state index contributed by atoms with van der Waals surface area (Å²) < 4.78 is 1.30. The molecule has 0 fully saturated rings. The molecule has 6 heteroatoms. The second-order valence-corrected chi connectivity index (χ2v) is 3.04. The van der Waals surface area contributed by atoms with Gasteiger partial charge in [-0.1, -0.05) is 15.3 Å². The van der Waals surface area contributed by atoms with Crippen LogP contribution in [-0.2, 0) is 0 Å². The highest BCUT2D eigenvalue weighted by Crippen LogP contribution is 1.96. The Kier molecular flexibility index (Phi) is 29.1. The van der Waals surface area contributed by atoms with Crippen LogP contribution in [0.1, 0.15) is 0 Å². The van der Waals surface area contributed by atoms with Crippen molar-refractivity contribution in [2.45, 2.75) is 0 Å². The first-order valence-electron chi connectivity index (χ1n) is 1.68. The monoisotopic (exact) mass is 260 g/mol. The summed E-state index contributed by atoms with van der Waals surface area (Å²) in [5.74, 6) is 0. The van der Waals surface area contributed by atoms with Gasteiger partial charge in [0.25, 0.3) is 0 Å². The zero-order chi connectivity index (χ0) is 4.41. The van der Waals surface area contributed by atoms with Gasteiger partial charge in [-0.05, 0) is 11.4 Å². The molecule has 0 saturated heterocycles. The van der Waals surface area contributed by atoms with E-state index in [1.165, 1.54) is 4.62 Å². The third-order valence-corrected chi connectivity index (χ3v) is 1.85. The minimum absolute atomic E-state index is 0. The zero-order valence-electron chi connectivity index (χ0n) is 4.85. The molecule has 1 atom stereocenters. The molecule has 0 nitrogen and oxygen atoms in total. The highest BCUT2D eigenvalue weighted by Gasteiger charge is 1.74. The molecule has 0 aliphatic carbocycles. The molecule has 1 rings (SSSR count). The van der Waals surface area contributed by atoms with Crippen LogP contribution in [0.3, 0.4) is 0 Å². The highest BCUT2D eigenvalue weighted by atomic mass is 35.5. The van der Waals surface area contributed by atoms with Gasteiger partial charge in [0, 0.05) is 4.62 Å². The minimum Gasteiger partial charge on any atom is -0.147 e. The van der Waals surface area contributed by atoms with Crippen LogP contribution in [0.15, 0.2) is 17.5 Å². The molecule has 0 aliphatic heterocycles. The highest BCUT2D eigenvalue weighted by molar-refractivity contribution is 7.42. The van der Waals surface area contributed by atoms with E-state index in [4.69, 9.17) is 0 Å². The summed E-state index contributed by atoms with van der Waals surface area (Å²) in [7, 11) is 2.63. The Morgan fingerprint density at radius 1 is 1.10 bits per heavy atom. The number of thiophene rings is 1. The van der Waals surface area contributed by atoms with Crippen LogP contribution in [0.2, 0.25) is 0 Å². The van der Waals surface area contributed by atoms with Gasteiger partial charge in [-0.3, -0.25) is 0 Å². The van der Waals surface area contributed by atoms with Crippen molar-refractivity contribution in [3.05, 3.63) is 17.5 Å². The van der Waals surface area contributed by atoms with E-state index in [1.54, 1.807) is 11.3 Å². The predicted octanol–water partition coefficient (Wildman–Crippen LogP) is 2.94. The van der Waals surface area contributed by atoms with E-state index >= 15 is 0 Å². The molecule has 1 aromatic rings. The van der Waals surface area contributed by atoms with Crippen molar-refractivity contribution in [3.63, 3.8) is 0 Å². The lowest BCUT2D eigenvalue weighted by Crippen LogP contribution is -1.68. The van der Waals surface area contributed by atoms with Crippen LogP contribution in [0, 0.1) is 0 Å². The lowest BCUT2D eigenvalue weighted by molar-refractivity contribution is 2.08. The molecule has 0 N–H and O–H groups in total. The molecule has 10 heavy (non-hydrogen) atoms. The number of hydrogen-bond acceptors (Lipinski definition) is 1. The standard InChI is InChI=1S/C4H5PS.4ClH/c5-4-2-1-3-6-4;;;;/h1-3H,5H2;4*1H. The summed E-state index contributed by atoms with van der Waals surface area (Å²) >= 11 is 1.74. The smallest absolute Gasteiger partial charge is 0.0216 e. The van der Waals surface area contributed by atoms with E-state index in [0.29, 0.717) is 0 Å². The Bertz CT molecular complexity index is 121. The normalized spacial score (nSPS) is 5.30. The maximum Gasteiger partial charge on any atom is 0.0216 e. The summed E-state index contributed by atoms with van der Waals surface area (Å²) in [6, 6.07) is 4.10. The first-order valence-corrected chi connectivity index (χ1v) is 3.14. The van der Waals surface area contributed by atoms with Gasteiger partial charge in [-0.15, -0.1) is 61.0 Å². The maximum absolute atomic E-state index is 2.63. The van der Waals surface area contributed by atoms with Gasteiger partial charge in [0.2, 0.25) is 0 Å². The van der Waals surface area contributed by atoms with Crippen LogP contribution in [-0.4, -0.2) is 0 Å². The Labute approximate surface area is 92.0 Å². The summed E-state index contributed by atoms with van der Waals surface area (Å²) in [4.78, 5) is 0. The molecular weight excluding hydrogens is 253 g/mol. The Morgan fingerprint density at radius 2 is 1.60 bits per heavy atom. The van der Waals surface area contributed by atoms with E-state index in [-0.39, 0.29) is 49.6 Å². The largest absolute Gasteiger partial charge is 0.147 e. The van der Waals surface area contributed by atoms with E-state index in [0.717, 1.165) is 0 Å². The van der Waals surface area contributed by atoms with Gasteiger partial charge in [0.15, 0.2) is 0 Å².